The van der Waals surface area contributed by atoms with Crippen LogP contribution in [0.2, 0.25) is 5.02 Å². The molecule has 1 aromatic carbocycles. The average Bonchev–Trinajstić information content (AvgIpc) is 2.43. The summed E-state index contributed by atoms with van der Waals surface area (Å²) >= 11 is 6.16. The highest BCUT2D eigenvalue weighted by atomic mass is 35.5. The van der Waals surface area contributed by atoms with Crippen LogP contribution in [-0.2, 0) is 6.42 Å². The van der Waals surface area contributed by atoms with Crippen molar-refractivity contribution in [2.24, 2.45) is 0 Å². The molecule has 5 heteroatoms. The number of benzene rings is 1. The second kappa shape index (κ2) is 7.27. The van der Waals surface area contributed by atoms with Gasteiger partial charge >= 0.3 is 0 Å². The topological polar surface area (TPSA) is 47.0 Å². The van der Waals surface area contributed by atoms with Gasteiger partial charge in [0.15, 0.2) is 0 Å². The predicted octanol–water partition coefficient (Wildman–Crippen LogP) is 4.62. The van der Waals surface area contributed by atoms with Crippen molar-refractivity contribution in [3.63, 3.8) is 0 Å². The maximum Gasteiger partial charge on any atom is 0.224 e. The lowest BCUT2D eigenvalue weighted by atomic mass is 10.2. The number of hydrogen-bond acceptors (Lipinski definition) is 4. The van der Waals surface area contributed by atoms with E-state index in [0.717, 1.165) is 36.6 Å². The third-order valence-electron chi connectivity index (χ3n) is 2.88. The first-order valence-corrected chi connectivity index (χ1v) is 7.56. The second-order valence-electron chi connectivity index (χ2n) is 4.82. The number of nitrogens with one attached hydrogen (secondary N) is 1. The molecule has 0 amide bonds. The van der Waals surface area contributed by atoms with Crippen LogP contribution in [0, 0.1) is 6.92 Å². The van der Waals surface area contributed by atoms with Crippen LogP contribution in [0.15, 0.2) is 24.3 Å². The van der Waals surface area contributed by atoms with Gasteiger partial charge in [0.1, 0.15) is 17.4 Å². The number of anilines is 1. The Labute approximate surface area is 130 Å². The largest absolute Gasteiger partial charge is 0.437 e. The molecule has 0 aliphatic heterocycles. The summed E-state index contributed by atoms with van der Waals surface area (Å²) in [6.45, 7) is 6.92. The Morgan fingerprint density at radius 3 is 2.71 bits per heavy atom. The van der Waals surface area contributed by atoms with Gasteiger partial charge in [0, 0.05) is 19.0 Å². The van der Waals surface area contributed by atoms with E-state index in [1.54, 1.807) is 6.07 Å². The summed E-state index contributed by atoms with van der Waals surface area (Å²) in [5, 5.41) is 3.77. The standard InChI is InChI=1S/C16H20ClN3O/c1-4-6-14-19-15(18-5-2)10-16(20-14)21-13-9-11(3)7-8-12(13)17/h7-10H,4-6H2,1-3H3,(H,18,19,20). The Bertz CT molecular complexity index is 592. The van der Waals surface area contributed by atoms with Gasteiger partial charge in [-0.2, -0.15) is 4.98 Å². The fraction of sp³-hybridized carbons (Fsp3) is 0.375. The molecule has 0 aliphatic rings. The fourth-order valence-corrected chi connectivity index (χ4v) is 2.09. The molecule has 1 N–H and O–H groups in total. The molecule has 0 bridgehead atoms. The van der Waals surface area contributed by atoms with E-state index >= 15 is 0 Å². The van der Waals surface area contributed by atoms with Gasteiger partial charge in [-0.1, -0.05) is 24.6 Å². The lowest BCUT2D eigenvalue weighted by Crippen LogP contribution is -2.04. The van der Waals surface area contributed by atoms with Crippen molar-refractivity contribution in [3.8, 4) is 11.6 Å². The van der Waals surface area contributed by atoms with Gasteiger partial charge < -0.3 is 10.1 Å². The molecule has 21 heavy (non-hydrogen) atoms. The number of ether oxygens (including phenoxy) is 1. The van der Waals surface area contributed by atoms with Gasteiger partial charge in [-0.3, -0.25) is 0 Å². The SMILES string of the molecule is CCCc1nc(NCC)cc(Oc2cc(C)ccc2Cl)n1. The van der Waals surface area contributed by atoms with Crippen LogP contribution >= 0.6 is 11.6 Å². The summed E-state index contributed by atoms with van der Waals surface area (Å²) in [6.07, 6.45) is 1.80. The summed E-state index contributed by atoms with van der Waals surface area (Å²) in [6, 6.07) is 7.46. The van der Waals surface area contributed by atoms with Crippen LogP contribution in [0.3, 0.4) is 0 Å². The molecular formula is C16H20ClN3O. The van der Waals surface area contributed by atoms with Gasteiger partial charge in [0.25, 0.3) is 0 Å². The molecule has 1 heterocycles. The van der Waals surface area contributed by atoms with E-state index in [4.69, 9.17) is 16.3 Å². The van der Waals surface area contributed by atoms with E-state index in [0.29, 0.717) is 16.7 Å². The molecule has 0 saturated carbocycles. The monoisotopic (exact) mass is 305 g/mol. The van der Waals surface area contributed by atoms with Crippen LogP contribution in [0.5, 0.6) is 11.6 Å². The Morgan fingerprint density at radius 1 is 1.19 bits per heavy atom. The maximum absolute atomic E-state index is 6.16. The summed E-state index contributed by atoms with van der Waals surface area (Å²) in [5.74, 6) is 2.67. The van der Waals surface area contributed by atoms with Crippen molar-refractivity contribution in [1.29, 1.82) is 0 Å². The lowest BCUT2D eigenvalue weighted by molar-refractivity contribution is 0.458. The van der Waals surface area contributed by atoms with Crippen LogP contribution in [0.4, 0.5) is 5.82 Å². The molecule has 2 rings (SSSR count). The molecule has 0 fully saturated rings. The zero-order valence-electron chi connectivity index (χ0n) is 12.6. The molecule has 0 radical (unpaired) electrons. The molecule has 0 aliphatic carbocycles. The number of rotatable bonds is 6. The average molecular weight is 306 g/mol. The summed E-state index contributed by atoms with van der Waals surface area (Å²) in [4.78, 5) is 8.90. The molecule has 2 aromatic rings. The smallest absolute Gasteiger partial charge is 0.224 e. The minimum absolute atomic E-state index is 0.511. The van der Waals surface area contributed by atoms with E-state index in [1.165, 1.54) is 0 Å². The number of halogens is 1. The molecule has 0 unspecified atom stereocenters. The predicted molar refractivity (Wildman–Crippen MR) is 86.5 cm³/mol. The van der Waals surface area contributed by atoms with Crippen LogP contribution in [-0.4, -0.2) is 16.5 Å². The maximum atomic E-state index is 6.16. The number of nitrogens with zero attached hydrogens (tertiary/aromatic N) is 2. The lowest BCUT2D eigenvalue weighted by Gasteiger charge is -2.11. The van der Waals surface area contributed by atoms with Crippen LogP contribution < -0.4 is 10.1 Å². The molecule has 4 nitrogen and oxygen atoms in total. The van der Waals surface area contributed by atoms with Crippen molar-refractivity contribution in [2.45, 2.75) is 33.6 Å². The highest BCUT2D eigenvalue weighted by molar-refractivity contribution is 6.32. The first-order valence-electron chi connectivity index (χ1n) is 7.18. The van der Waals surface area contributed by atoms with Gasteiger partial charge in [-0.15, -0.1) is 0 Å². The summed E-state index contributed by atoms with van der Waals surface area (Å²) < 4.78 is 5.84. The number of hydrogen-bond donors (Lipinski definition) is 1. The van der Waals surface area contributed by atoms with Gasteiger partial charge in [-0.25, -0.2) is 4.98 Å². The van der Waals surface area contributed by atoms with Crippen molar-refractivity contribution >= 4 is 17.4 Å². The Hall–Kier alpha value is -1.81. The summed E-state index contributed by atoms with van der Waals surface area (Å²) in [5.41, 5.74) is 1.09. The molecule has 0 atom stereocenters. The minimum atomic E-state index is 0.511. The third-order valence-corrected chi connectivity index (χ3v) is 3.19. The van der Waals surface area contributed by atoms with E-state index in [-0.39, 0.29) is 0 Å². The quantitative estimate of drug-likeness (QED) is 0.846. The van der Waals surface area contributed by atoms with Crippen LogP contribution in [0.1, 0.15) is 31.7 Å². The number of aromatic nitrogens is 2. The molecular weight excluding hydrogens is 286 g/mol. The summed E-state index contributed by atoms with van der Waals surface area (Å²) in [7, 11) is 0. The van der Waals surface area contributed by atoms with Gasteiger partial charge in [0.2, 0.25) is 5.88 Å². The highest BCUT2D eigenvalue weighted by Crippen LogP contribution is 2.30. The van der Waals surface area contributed by atoms with Gasteiger partial charge in [-0.05, 0) is 38.0 Å². The van der Waals surface area contributed by atoms with E-state index in [9.17, 15) is 0 Å². The van der Waals surface area contributed by atoms with Crippen molar-refractivity contribution in [1.82, 2.24) is 9.97 Å². The fourth-order valence-electron chi connectivity index (χ4n) is 1.93. The van der Waals surface area contributed by atoms with Gasteiger partial charge in [0.05, 0.1) is 5.02 Å². The Kier molecular flexibility index (Phi) is 5.39. The van der Waals surface area contributed by atoms with Crippen LogP contribution in [0.25, 0.3) is 0 Å². The Balaban J connectivity index is 2.31. The van der Waals surface area contributed by atoms with E-state index < -0.39 is 0 Å². The Morgan fingerprint density at radius 2 is 2.00 bits per heavy atom. The minimum Gasteiger partial charge on any atom is -0.437 e. The first kappa shape index (κ1) is 15.6. The molecule has 0 saturated heterocycles. The molecule has 1 aromatic heterocycles. The third kappa shape index (κ3) is 4.33. The highest BCUT2D eigenvalue weighted by Gasteiger charge is 2.08. The molecule has 0 spiro atoms. The second-order valence-corrected chi connectivity index (χ2v) is 5.23. The van der Waals surface area contributed by atoms with Crippen molar-refractivity contribution < 1.29 is 4.74 Å². The van der Waals surface area contributed by atoms with E-state index in [2.05, 4.69) is 22.2 Å². The zero-order chi connectivity index (χ0) is 15.2. The van der Waals surface area contributed by atoms with E-state index in [1.807, 2.05) is 32.0 Å². The zero-order valence-corrected chi connectivity index (χ0v) is 13.4. The normalized spacial score (nSPS) is 10.5. The number of aryl methyl sites for hydroxylation is 2. The first-order chi connectivity index (χ1) is 10.1. The van der Waals surface area contributed by atoms with Crippen molar-refractivity contribution in [2.75, 3.05) is 11.9 Å². The molecule has 112 valence electrons. The van der Waals surface area contributed by atoms with Crippen molar-refractivity contribution in [3.05, 3.63) is 40.7 Å².